The van der Waals surface area contributed by atoms with E-state index in [4.69, 9.17) is 10.5 Å². The lowest BCUT2D eigenvalue weighted by molar-refractivity contribution is 0.383. The van der Waals surface area contributed by atoms with E-state index >= 15 is 0 Å². The van der Waals surface area contributed by atoms with Crippen molar-refractivity contribution in [2.75, 3.05) is 7.11 Å². The van der Waals surface area contributed by atoms with Gasteiger partial charge in [0, 0.05) is 17.2 Å². The summed E-state index contributed by atoms with van der Waals surface area (Å²) >= 11 is 0. The van der Waals surface area contributed by atoms with E-state index in [2.05, 4.69) is 0 Å². The molecule has 0 bridgehead atoms. The van der Waals surface area contributed by atoms with Crippen molar-refractivity contribution in [1.82, 2.24) is 0 Å². The molecule has 0 amide bonds. The van der Waals surface area contributed by atoms with Crippen LogP contribution < -0.4 is 10.5 Å². The second-order valence-corrected chi connectivity index (χ2v) is 3.71. The highest BCUT2D eigenvalue weighted by Crippen LogP contribution is 2.29. The lowest BCUT2D eigenvalue weighted by Gasteiger charge is -2.27. The van der Waals surface area contributed by atoms with Crippen molar-refractivity contribution in [3.8, 4) is 5.75 Å². The van der Waals surface area contributed by atoms with Gasteiger partial charge < -0.3 is 10.5 Å². The smallest absolute Gasteiger partial charge is 0.131 e. The van der Waals surface area contributed by atoms with Crippen molar-refractivity contribution in [1.29, 1.82) is 0 Å². The van der Waals surface area contributed by atoms with Gasteiger partial charge in [0.05, 0.1) is 7.11 Å². The lowest BCUT2D eigenvalue weighted by Crippen LogP contribution is -2.36. The molecule has 0 heterocycles. The number of nitrogens with two attached hydrogens (primary N) is 1. The van der Waals surface area contributed by atoms with Crippen LogP contribution in [0.25, 0.3) is 0 Å². The molecule has 0 aliphatic carbocycles. The third-order valence-electron chi connectivity index (χ3n) is 2.97. The summed E-state index contributed by atoms with van der Waals surface area (Å²) in [7, 11) is 1.52. The minimum absolute atomic E-state index is 0.291. The fourth-order valence-electron chi connectivity index (χ4n) is 1.66. The topological polar surface area (TPSA) is 35.2 Å². The van der Waals surface area contributed by atoms with Gasteiger partial charge in [-0.3, -0.25) is 0 Å². The van der Waals surface area contributed by atoms with Gasteiger partial charge in [-0.1, -0.05) is 19.9 Å². The Balaban J connectivity index is 3.14. The second kappa shape index (κ2) is 4.62. The van der Waals surface area contributed by atoms with Gasteiger partial charge in [0.2, 0.25) is 0 Å². The number of methoxy groups -OCH3 is 1. The zero-order chi connectivity index (χ0) is 11.5. The van der Waals surface area contributed by atoms with Crippen LogP contribution >= 0.6 is 0 Å². The van der Waals surface area contributed by atoms with Crippen LogP contribution in [-0.4, -0.2) is 7.11 Å². The molecule has 0 radical (unpaired) electrons. The second-order valence-electron chi connectivity index (χ2n) is 3.71. The molecule has 0 saturated carbocycles. The predicted octanol–water partition coefficient (Wildman–Crippen LogP) is 2.81. The molecule has 0 spiro atoms. The van der Waals surface area contributed by atoms with Crippen LogP contribution in [0, 0.1) is 5.82 Å². The summed E-state index contributed by atoms with van der Waals surface area (Å²) in [5.74, 6) is 0.228. The molecule has 15 heavy (non-hydrogen) atoms. The van der Waals surface area contributed by atoms with E-state index in [0.717, 1.165) is 0 Å². The van der Waals surface area contributed by atoms with Crippen molar-refractivity contribution in [3.63, 3.8) is 0 Å². The largest absolute Gasteiger partial charge is 0.497 e. The third-order valence-corrected chi connectivity index (χ3v) is 2.97. The Kier molecular flexibility index (Phi) is 3.69. The van der Waals surface area contributed by atoms with Gasteiger partial charge in [0.15, 0.2) is 0 Å². The van der Waals surface area contributed by atoms with Crippen LogP contribution in [0.4, 0.5) is 4.39 Å². The molecule has 3 heteroatoms. The molecule has 1 aromatic carbocycles. The van der Waals surface area contributed by atoms with E-state index in [-0.39, 0.29) is 5.82 Å². The van der Waals surface area contributed by atoms with Crippen molar-refractivity contribution in [3.05, 3.63) is 29.6 Å². The maximum atomic E-state index is 13.7. The summed E-state index contributed by atoms with van der Waals surface area (Å²) in [4.78, 5) is 0. The average Bonchev–Trinajstić information content (AvgIpc) is 2.27. The van der Waals surface area contributed by atoms with Gasteiger partial charge in [-0.25, -0.2) is 4.39 Å². The molecule has 84 valence electrons. The Hall–Kier alpha value is -1.09. The monoisotopic (exact) mass is 211 g/mol. The summed E-state index contributed by atoms with van der Waals surface area (Å²) in [6.45, 7) is 3.93. The normalized spacial score (nSPS) is 11.5. The SMILES string of the molecule is CCC(N)(CC)c1ccc(OC)cc1F. The number of hydrogen-bond donors (Lipinski definition) is 1. The standard InChI is InChI=1S/C12H18FNO/c1-4-12(14,5-2)10-7-6-9(15-3)8-11(10)13/h6-8H,4-5,14H2,1-3H3. The van der Waals surface area contributed by atoms with Crippen LogP contribution in [0.2, 0.25) is 0 Å². The Morgan fingerprint density at radius 1 is 1.33 bits per heavy atom. The fraction of sp³-hybridized carbons (Fsp3) is 0.500. The van der Waals surface area contributed by atoms with Gasteiger partial charge in [0.25, 0.3) is 0 Å². The molecule has 0 atom stereocenters. The zero-order valence-electron chi connectivity index (χ0n) is 9.51. The van der Waals surface area contributed by atoms with E-state index in [9.17, 15) is 4.39 Å². The Morgan fingerprint density at radius 2 is 1.93 bits per heavy atom. The number of benzene rings is 1. The van der Waals surface area contributed by atoms with Gasteiger partial charge in [0.1, 0.15) is 11.6 Å². The summed E-state index contributed by atoms with van der Waals surface area (Å²) in [5, 5.41) is 0. The first-order chi connectivity index (χ1) is 7.07. The van der Waals surface area contributed by atoms with Gasteiger partial charge in [-0.15, -0.1) is 0 Å². The molecule has 2 N–H and O–H groups in total. The highest BCUT2D eigenvalue weighted by atomic mass is 19.1. The van der Waals surface area contributed by atoms with E-state index in [0.29, 0.717) is 24.2 Å². The molecular formula is C12H18FNO. The Morgan fingerprint density at radius 3 is 2.33 bits per heavy atom. The number of ether oxygens (including phenoxy) is 1. The van der Waals surface area contributed by atoms with E-state index in [1.807, 2.05) is 13.8 Å². The van der Waals surface area contributed by atoms with E-state index in [1.165, 1.54) is 13.2 Å². The van der Waals surface area contributed by atoms with Crippen LogP contribution in [0.3, 0.4) is 0 Å². The molecule has 0 aromatic heterocycles. The first kappa shape index (κ1) is 12.0. The van der Waals surface area contributed by atoms with Crippen LogP contribution in [0.1, 0.15) is 32.3 Å². The molecule has 1 rings (SSSR count). The average molecular weight is 211 g/mol. The minimum atomic E-state index is -0.573. The number of rotatable bonds is 4. The first-order valence-electron chi connectivity index (χ1n) is 5.20. The van der Waals surface area contributed by atoms with Crippen molar-refractivity contribution in [2.24, 2.45) is 5.73 Å². The van der Waals surface area contributed by atoms with Crippen LogP contribution in [0.5, 0.6) is 5.75 Å². The molecular weight excluding hydrogens is 193 g/mol. The van der Waals surface area contributed by atoms with Gasteiger partial charge in [-0.05, 0) is 18.9 Å². The fourth-order valence-corrected chi connectivity index (χ4v) is 1.66. The summed E-state index contributed by atoms with van der Waals surface area (Å²) in [6.07, 6.45) is 1.43. The highest BCUT2D eigenvalue weighted by Gasteiger charge is 2.26. The molecule has 0 fully saturated rings. The van der Waals surface area contributed by atoms with Crippen molar-refractivity contribution in [2.45, 2.75) is 32.2 Å². The van der Waals surface area contributed by atoms with Crippen LogP contribution in [-0.2, 0) is 5.54 Å². The molecule has 2 nitrogen and oxygen atoms in total. The number of halogens is 1. The summed E-state index contributed by atoms with van der Waals surface area (Å²) in [6, 6.07) is 4.83. The zero-order valence-corrected chi connectivity index (χ0v) is 9.51. The van der Waals surface area contributed by atoms with Gasteiger partial charge >= 0.3 is 0 Å². The Bertz CT molecular complexity index is 334. The maximum absolute atomic E-state index is 13.7. The van der Waals surface area contributed by atoms with Crippen LogP contribution in [0.15, 0.2) is 18.2 Å². The summed E-state index contributed by atoms with van der Waals surface area (Å²) in [5.41, 5.74) is 6.12. The molecule has 0 aliphatic heterocycles. The maximum Gasteiger partial charge on any atom is 0.131 e. The predicted molar refractivity (Wildman–Crippen MR) is 59.4 cm³/mol. The first-order valence-corrected chi connectivity index (χ1v) is 5.20. The lowest BCUT2D eigenvalue weighted by atomic mass is 9.85. The highest BCUT2D eigenvalue weighted by molar-refractivity contribution is 5.33. The van der Waals surface area contributed by atoms with Crippen molar-refractivity contribution < 1.29 is 9.13 Å². The van der Waals surface area contributed by atoms with Gasteiger partial charge in [-0.2, -0.15) is 0 Å². The molecule has 0 unspecified atom stereocenters. The molecule has 0 aliphatic rings. The van der Waals surface area contributed by atoms with Crippen molar-refractivity contribution >= 4 is 0 Å². The molecule has 0 saturated heterocycles. The Labute approximate surface area is 90.2 Å². The quantitative estimate of drug-likeness (QED) is 0.831. The summed E-state index contributed by atoms with van der Waals surface area (Å²) < 4.78 is 18.7. The third kappa shape index (κ3) is 2.29. The number of hydrogen-bond acceptors (Lipinski definition) is 2. The minimum Gasteiger partial charge on any atom is -0.497 e. The van der Waals surface area contributed by atoms with E-state index in [1.54, 1.807) is 12.1 Å². The van der Waals surface area contributed by atoms with E-state index < -0.39 is 5.54 Å². The molecule has 1 aromatic rings.